The van der Waals surface area contributed by atoms with Gasteiger partial charge in [0.25, 0.3) is 5.91 Å². The van der Waals surface area contributed by atoms with Gasteiger partial charge in [-0.2, -0.15) is 12.6 Å². The Kier molecular flexibility index (Phi) is 6.26. The van der Waals surface area contributed by atoms with Crippen LogP contribution in [0.1, 0.15) is 13.8 Å². The molecule has 126 valence electrons. The van der Waals surface area contributed by atoms with Crippen LogP contribution in [0, 0.1) is 5.92 Å². The molecule has 2 aromatic rings. The molecule has 0 saturated heterocycles. The van der Waals surface area contributed by atoms with E-state index in [1.807, 2.05) is 60.7 Å². The van der Waals surface area contributed by atoms with Gasteiger partial charge in [-0.1, -0.05) is 48.5 Å². The van der Waals surface area contributed by atoms with E-state index in [-0.39, 0.29) is 5.91 Å². The summed E-state index contributed by atoms with van der Waals surface area (Å²) in [6.45, 7) is 3.00. The van der Waals surface area contributed by atoms with Crippen molar-refractivity contribution < 1.29 is 14.4 Å². The molecule has 2 aromatic carbocycles. The number of carbonyl (C=O) groups excluding carboxylic acids is 2. The van der Waals surface area contributed by atoms with Crippen LogP contribution in [-0.4, -0.2) is 22.8 Å². The molecular weight excluding hydrogens is 324 g/mol. The normalized spacial score (nSPS) is 11.5. The van der Waals surface area contributed by atoms with Crippen LogP contribution >= 0.6 is 12.6 Å². The number of amides is 1. The summed E-state index contributed by atoms with van der Waals surface area (Å²) in [4.78, 5) is 29.6. The van der Waals surface area contributed by atoms with Gasteiger partial charge in [0.05, 0.1) is 11.4 Å². The maximum atomic E-state index is 12.8. The molecule has 6 heteroatoms. The van der Waals surface area contributed by atoms with Gasteiger partial charge in [0, 0.05) is 18.6 Å². The van der Waals surface area contributed by atoms with E-state index in [2.05, 4.69) is 12.6 Å². The third-order valence-electron chi connectivity index (χ3n) is 3.28. The number of nitrogens with zero attached hydrogens (tertiary/aromatic N) is 2. The summed E-state index contributed by atoms with van der Waals surface area (Å²) in [7, 11) is 0. The third-order valence-corrected chi connectivity index (χ3v) is 3.83. The van der Waals surface area contributed by atoms with E-state index in [0.717, 1.165) is 5.17 Å². The summed E-state index contributed by atoms with van der Waals surface area (Å²) in [6.07, 6.45) is 0. The highest BCUT2D eigenvalue weighted by Crippen LogP contribution is 2.28. The van der Waals surface area contributed by atoms with E-state index in [1.54, 1.807) is 11.9 Å². The van der Waals surface area contributed by atoms with Crippen molar-refractivity contribution in [3.05, 3.63) is 60.7 Å². The average molecular weight is 344 g/mol. The first-order valence-corrected chi connectivity index (χ1v) is 8.21. The summed E-state index contributed by atoms with van der Waals surface area (Å²) in [5, 5.41) is 2.58. The minimum Gasteiger partial charge on any atom is -0.318 e. The molecule has 24 heavy (non-hydrogen) atoms. The van der Waals surface area contributed by atoms with Crippen LogP contribution in [0.2, 0.25) is 0 Å². The van der Waals surface area contributed by atoms with Crippen LogP contribution in [0.4, 0.5) is 11.4 Å². The molecule has 0 saturated carbocycles. The van der Waals surface area contributed by atoms with Crippen molar-refractivity contribution in [2.24, 2.45) is 5.92 Å². The molecule has 2 rings (SSSR count). The lowest BCUT2D eigenvalue weighted by atomic mass is 10.2. The van der Waals surface area contributed by atoms with Gasteiger partial charge >= 0.3 is 5.97 Å². The molecule has 0 radical (unpaired) electrons. The molecule has 0 aromatic heterocycles. The van der Waals surface area contributed by atoms with Crippen LogP contribution < -0.4 is 5.01 Å². The topological polar surface area (TPSA) is 49.9 Å². The third kappa shape index (κ3) is 4.29. The van der Waals surface area contributed by atoms with E-state index in [0.29, 0.717) is 17.1 Å². The molecule has 0 aliphatic carbocycles. The maximum Gasteiger partial charge on any atom is 0.332 e. The van der Waals surface area contributed by atoms with Gasteiger partial charge in [0.2, 0.25) is 0 Å². The van der Waals surface area contributed by atoms with Crippen LogP contribution in [-0.2, 0) is 14.4 Å². The van der Waals surface area contributed by atoms with Crippen molar-refractivity contribution in [1.29, 1.82) is 0 Å². The minimum atomic E-state index is -0.577. The van der Waals surface area contributed by atoms with Crippen molar-refractivity contribution in [2.45, 2.75) is 13.8 Å². The van der Waals surface area contributed by atoms with E-state index >= 15 is 0 Å². The number of hydrazine groups is 1. The molecule has 0 spiro atoms. The van der Waals surface area contributed by atoms with Crippen LogP contribution in [0.3, 0.4) is 0 Å². The zero-order chi connectivity index (χ0) is 17.5. The zero-order valence-corrected chi connectivity index (χ0v) is 14.5. The number of thiol groups is 1. The van der Waals surface area contributed by atoms with Crippen molar-refractivity contribution in [2.75, 3.05) is 10.8 Å². The first-order valence-electron chi connectivity index (χ1n) is 7.58. The van der Waals surface area contributed by atoms with Crippen molar-refractivity contribution in [1.82, 2.24) is 5.17 Å². The largest absolute Gasteiger partial charge is 0.332 e. The van der Waals surface area contributed by atoms with Gasteiger partial charge in [-0.15, -0.1) is 0 Å². The predicted octanol–water partition coefficient (Wildman–Crippen LogP) is 3.61. The van der Waals surface area contributed by atoms with E-state index in [9.17, 15) is 9.59 Å². The Hall–Kier alpha value is -2.47. The Labute approximate surface area is 147 Å². The Balaban J connectivity index is 2.52. The highest BCUT2D eigenvalue weighted by atomic mass is 32.1. The van der Waals surface area contributed by atoms with Crippen molar-refractivity contribution in [3.63, 3.8) is 0 Å². The molecule has 1 amide bonds. The van der Waals surface area contributed by atoms with E-state index < -0.39 is 11.9 Å². The predicted molar refractivity (Wildman–Crippen MR) is 96.7 cm³/mol. The quantitative estimate of drug-likeness (QED) is 0.665. The minimum absolute atomic E-state index is 0.341. The number of hydrogen-bond acceptors (Lipinski definition) is 5. The Bertz CT molecular complexity index is 640. The van der Waals surface area contributed by atoms with Gasteiger partial charge in [-0.25, -0.2) is 9.80 Å². The number of carbonyl (C=O) groups is 2. The highest BCUT2D eigenvalue weighted by molar-refractivity contribution is 7.80. The van der Waals surface area contributed by atoms with Crippen molar-refractivity contribution in [3.8, 4) is 0 Å². The molecule has 1 atom stereocenters. The SMILES string of the molecule is CC(=O)ON(C(=O)C(C)CS)N(c1ccccc1)c1ccccc1. The van der Waals surface area contributed by atoms with E-state index in [4.69, 9.17) is 4.84 Å². The molecule has 1 unspecified atom stereocenters. The van der Waals surface area contributed by atoms with Gasteiger partial charge in [0.15, 0.2) is 0 Å². The lowest BCUT2D eigenvalue weighted by Crippen LogP contribution is -2.47. The number of hydroxylamine groups is 1. The molecular formula is C18H20N2O3S. The second-order valence-electron chi connectivity index (χ2n) is 5.26. The zero-order valence-electron chi connectivity index (χ0n) is 13.6. The lowest BCUT2D eigenvalue weighted by molar-refractivity contribution is -0.198. The molecule has 0 aliphatic rings. The van der Waals surface area contributed by atoms with E-state index in [1.165, 1.54) is 6.92 Å². The van der Waals surface area contributed by atoms with Gasteiger partial charge in [-0.3, -0.25) is 4.79 Å². The second kappa shape index (κ2) is 8.40. The standard InChI is InChI=1S/C18H20N2O3S/c1-14(13-24)18(22)20(23-15(2)21)19(16-9-5-3-6-10-16)17-11-7-4-8-12-17/h3-12,14,24H,13H2,1-2H3. The first-order chi connectivity index (χ1) is 11.5. The number of anilines is 2. The first kappa shape index (κ1) is 17.9. The maximum absolute atomic E-state index is 12.8. The molecule has 0 fully saturated rings. The lowest BCUT2D eigenvalue weighted by Gasteiger charge is -2.35. The number of hydrogen-bond donors (Lipinski definition) is 1. The molecule has 0 N–H and O–H groups in total. The molecule has 5 nitrogen and oxygen atoms in total. The van der Waals surface area contributed by atoms with Crippen LogP contribution in [0.25, 0.3) is 0 Å². The molecule has 0 heterocycles. The Morgan fingerprint density at radius 3 is 1.83 bits per heavy atom. The summed E-state index contributed by atoms with van der Waals surface area (Å²) < 4.78 is 0. The van der Waals surface area contributed by atoms with Crippen LogP contribution in [0.5, 0.6) is 0 Å². The summed E-state index contributed by atoms with van der Waals surface area (Å²) >= 11 is 4.18. The number of rotatable bonds is 5. The summed E-state index contributed by atoms with van der Waals surface area (Å²) in [5.74, 6) is -1.00. The Morgan fingerprint density at radius 1 is 1.00 bits per heavy atom. The molecule has 0 bridgehead atoms. The second-order valence-corrected chi connectivity index (χ2v) is 5.63. The number of para-hydroxylation sites is 2. The van der Waals surface area contributed by atoms with Gasteiger partial charge < -0.3 is 4.84 Å². The fourth-order valence-corrected chi connectivity index (χ4v) is 2.23. The smallest absolute Gasteiger partial charge is 0.318 e. The van der Waals surface area contributed by atoms with Gasteiger partial charge in [-0.05, 0) is 24.3 Å². The van der Waals surface area contributed by atoms with Gasteiger partial charge in [0.1, 0.15) is 0 Å². The summed E-state index contributed by atoms with van der Waals surface area (Å²) in [5.41, 5.74) is 1.40. The van der Waals surface area contributed by atoms with Crippen molar-refractivity contribution >= 4 is 35.9 Å². The fourth-order valence-electron chi connectivity index (χ4n) is 2.07. The summed E-state index contributed by atoms with van der Waals surface area (Å²) in [6, 6.07) is 18.5. The monoisotopic (exact) mass is 344 g/mol. The average Bonchev–Trinajstić information content (AvgIpc) is 2.61. The highest BCUT2D eigenvalue weighted by Gasteiger charge is 2.30. The Morgan fingerprint density at radius 2 is 1.46 bits per heavy atom. The van der Waals surface area contributed by atoms with Crippen LogP contribution in [0.15, 0.2) is 60.7 Å². The number of benzene rings is 2. The molecule has 0 aliphatic heterocycles. The fraction of sp³-hybridized carbons (Fsp3) is 0.222.